The Kier molecular flexibility index (Phi) is 6.53. The van der Waals surface area contributed by atoms with Crippen LogP contribution in [0, 0.1) is 18.3 Å². The number of para-hydroxylation sites is 1. The Morgan fingerprint density at radius 2 is 1.57 bits per heavy atom. The lowest BCUT2D eigenvalue weighted by Gasteiger charge is -2.10. The van der Waals surface area contributed by atoms with Gasteiger partial charge >= 0.3 is 0 Å². The number of benzene rings is 3. The fourth-order valence-corrected chi connectivity index (χ4v) is 4.79. The minimum absolute atomic E-state index is 0.666. The molecule has 0 saturated heterocycles. The van der Waals surface area contributed by atoms with E-state index in [2.05, 4.69) is 64.2 Å². The summed E-state index contributed by atoms with van der Waals surface area (Å²) in [6.45, 7) is 2.09. The maximum Gasteiger partial charge on any atom is 0.196 e. The SMILES string of the molecule is Cc1ccc(SCc2nnc(SCc3ccccc3C#N)n2-c2ccccc2)cc1. The van der Waals surface area contributed by atoms with E-state index in [1.807, 2.05) is 42.5 Å². The molecular formula is C24H20N4S2. The monoisotopic (exact) mass is 428 g/mol. The van der Waals surface area contributed by atoms with Gasteiger partial charge in [-0.05, 0) is 42.8 Å². The standard InChI is InChI=1S/C24H20N4S2/c1-18-11-13-22(14-12-18)29-17-23-26-27-24(28(23)21-9-3-2-4-10-21)30-16-20-8-6-5-7-19(20)15-25/h2-14H,16-17H2,1H3. The number of hydrogen-bond donors (Lipinski definition) is 0. The molecule has 4 aromatic rings. The van der Waals surface area contributed by atoms with Gasteiger partial charge < -0.3 is 0 Å². The highest BCUT2D eigenvalue weighted by molar-refractivity contribution is 7.98. The van der Waals surface area contributed by atoms with E-state index >= 15 is 0 Å². The quantitative estimate of drug-likeness (QED) is 0.336. The highest BCUT2D eigenvalue weighted by atomic mass is 32.2. The molecule has 0 aliphatic carbocycles. The Labute approximate surface area is 185 Å². The van der Waals surface area contributed by atoms with Crippen molar-refractivity contribution >= 4 is 23.5 Å². The number of nitriles is 1. The van der Waals surface area contributed by atoms with Crippen molar-refractivity contribution in [1.82, 2.24) is 14.8 Å². The molecule has 4 rings (SSSR count). The molecule has 1 heterocycles. The average molecular weight is 429 g/mol. The van der Waals surface area contributed by atoms with Crippen molar-refractivity contribution in [3.05, 3.63) is 101 Å². The molecule has 0 atom stereocenters. The molecule has 4 nitrogen and oxygen atoms in total. The predicted octanol–water partition coefficient (Wildman–Crippen LogP) is 6.03. The van der Waals surface area contributed by atoms with Gasteiger partial charge in [0.05, 0.1) is 17.4 Å². The molecule has 0 fully saturated rings. The van der Waals surface area contributed by atoms with Crippen molar-refractivity contribution in [3.8, 4) is 11.8 Å². The van der Waals surface area contributed by atoms with Crippen LogP contribution in [-0.2, 0) is 11.5 Å². The van der Waals surface area contributed by atoms with E-state index in [1.165, 1.54) is 10.5 Å². The molecule has 0 N–H and O–H groups in total. The number of hydrogen-bond acceptors (Lipinski definition) is 5. The smallest absolute Gasteiger partial charge is 0.196 e. The maximum absolute atomic E-state index is 9.35. The first-order valence-electron chi connectivity index (χ1n) is 9.54. The number of aryl methyl sites for hydroxylation is 1. The maximum atomic E-state index is 9.35. The molecule has 0 saturated carbocycles. The Hall–Kier alpha value is -3.01. The Balaban J connectivity index is 1.59. The van der Waals surface area contributed by atoms with Gasteiger partial charge in [-0.2, -0.15) is 5.26 Å². The number of rotatable bonds is 7. The summed E-state index contributed by atoms with van der Waals surface area (Å²) in [5.74, 6) is 2.29. The largest absolute Gasteiger partial charge is 0.273 e. The van der Waals surface area contributed by atoms with Gasteiger partial charge in [0, 0.05) is 16.3 Å². The highest BCUT2D eigenvalue weighted by Gasteiger charge is 2.15. The molecule has 0 radical (unpaired) electrons. The van der Waals surface area contributed by atoms with Crippen LogP contribution < -0.4 is 0 Å². The zero-order chi connectivity index (χ0) is 20.8. The molecule has 0 aliphatic rings. The molecule has 0 unspecified atom stereocenters. The van der Waals surface area contributed by atoms with E-state index in [1.54, 1.807) is 23.5 Å². The van der Waals surface area contributed by atoms with Crippen molar-refractivity contribution in [3.63, 3.8) is 0 Å². The van der Waals surface area contributed by atoms with Crippen molar-refractivity contribution in [2.24, 2.45) is 0 Å². The van der Waals surface area contributed by atoms with E-state index in [-0.39, 0.29) is 0 Å². The van der Waals surface area contributed by atoms with E-state index in [4.69, 9.17) is 0 Å². The topological polar surface area (TPSA) is 54.5 Å². The van der Waals surface area contributed by atoms with Crippen LogP contribution in [0.25, 0.3) is 5.69 Å². The fourth-order valence-electron chi connectivity index (χ4n) is 3.00. The van der Waals surface area contributed by atoms with Crippen LogP contribution in [-0.4, -0.2) is 14.8 Å². The summed E-state index contributed by atoms with van der Waals surface area (Å²) in [6, 6.07) is 28.6. The van der Waals surface area contributed by atoms with Crippen molar-refractivity contribution < 1.29 is 0 Å². The fraction of sp³-hybridized carbons (Fsp3) is 0.125. The van der Waals surface area contributed by atoms with Gasteiger partial charge in [-0.25, -0.2) is 0 Å². The normalized spacial score (nSPS) is 10.7. The second kappa shape index (κ2) is 9.66. The lowest BCUT2D eigenvalue weighted by molar-refractivity contribution is 0.864. The van der Waals surface area contributed by atoms with Crippen LogP contribution in [0.1, 0.15) is 22.5 Å². The zero-order valence-electron chi connectivity index (χ0n) is 16.5. The Morgan fingerprint density at radius 1 is 0.833 bits per heavy atom. The van der Waals surface area contributed by atoms with E-state index in [0.717, 1.165) is 28.0 Å². The lowest BCUT2D eigenvalue weighted by atomic mass is 10.1. The summed E-state index contributed by atoms with van der Waals surface area (Å²) < 4.78 is 2.11. The molecule has 3 aromatic carbocycles. The first-order chi connectivity index (χ1) is 14.7. The second-order valence-electron chi connectivity index (χ2n) is 6.73. The summed E-state index contributed by atoms with van der Waals surface area (Å²) in [7, 11) is 0. The van der Waals surface area contributed by atoms with Gasteiger partial charge in [0.25, 0.3) is 0 Å². The summed E-state index contributed by atoms with van der Waals surface area (Å²) in [5, 5.41) is 19.1. The third-order valence-electron chi connectivity index (χ3n) is 4.60. The molecule has 6 heteroatoms. The first kappa shape index (κ1) is 20.3. The zero-order valence-corrected chi connectivity index (χ0v) is 18.2. The van der Waals surface area contributed by atoms with Crippen LogP contribution >= 0.6 is 23.5 Å². The summed E-state index contributed by atoms with van der Waals surface area (Å²) in [5.41, 5.74) is 4.00. The minimum Gasteiger partial charge on any atom is -0.273 e. The number of nitrogens with zero attached hydrogens (tertiary/aromatic N) is 4. The van der Waals surface area contributed by atoms with E-state index in [0.29, 0.717) is 11.3 Å². The number of aromatic nitrogens is 3. The number of thioether (sulfide) groups is 2. The van der Waals surface area contributed by atoms with Crippen molar-refractivity contribution in [2.45, 2.75) is 28.5 Å². The summed E-state index contributed by atoms with van der Waals surface area (Å²) in [4.78, 5) is 1.21. The van der Waals surface area contributed by atoms with Gasteiger partial charge in [0.2, 0.25) is 0 Å². The molecule has 0 amide bonds. The third kappa shape index (κ3) is 4.76. The predicted molar refractivity (Wildman–Crippen MR) is 123 cm³/mol. The first-order valence-corrected chi connectivity index (χ1v) is 11.5. The van der Waals surface area contributed by atoms with Gasteiger partial charge in [-0.1, -0.05) is 65.9 Å². The minimum atomic E-state index is 0.666. The average Bonchev–Trinajstić information content (AvgIpc) is 3.21. The van der Waals surface area contributed by atoms with Gasteiger partial charge in [-0.3, -0.25) is 4.57 Å². The van der Waals surface area contributed by atoms with Crippen LogP contribution in [0.2, 0.25) is 0 Å². The van der Waals surface area contributed by atoms with Gasteiger partial charge in [0.15, 0.2) is 5.16 Å². The summed E-state index contributed by atoms with van der Waals surface area (Å²) >= 11 is 3.35. The Morgan fingerprint density at radius 3 is 2.33 bits per heavy atom. The van der Waals surface area contributed by atoms with Crippen LogP contribution in [0.4, 0.5) is 0 Å². The lowest BCUT2D eigenvalue weighted by Crippen LogP contribution is -2.02. The molecule has 0 aliphatic heterocycles. The molecule has 0 spiro atoms. The van der Waals surface area contributed by atoms with Crippen LogP contribution in [0.3, 0.4) is 0 Å². The van der Waals surface area contributed by atoms with Crippen LogP contribution in [0.5, 0.6) is 0 Å². The highest BCUT2D eigenvalue weighted by Crippen LogP contribution is 2.29. The molecule has 30 heavy (non-hydrogen) atoms. The van der Waals surface area contributed by atoms with Gasteiger partial charge in [0.1, 0.15) is 5.82 Å². The summed E-state index contributed by atoms with van der Waals surface area (Å²) in [6.07, 6.45) is 0. The van der Waals surface area contributed by atoms with Gasteiger partial charge in [-0.15, -0.1) is 22.0 Å². The molecular weight excluding hydrogens is 408 g/mol. The third-order valence-corrected chi connectivity index (χ3v) is 6.58. The van der Waals surface area contributed by atoms with E-state index < -0.39 is 0 Å². The van der Waals surface area contributed by atoms with Crippen molar-refractivity contribution in [2.75, 3.05) is 0 Å². The Bertz CT molecular complexity index is 1160. The molecule has 0 bridgehead atoms. The molecule has 148 valence electrons. The van der Waals surface area contributed by atoms with E-state index in [9.17, 15) is 5.26 Å². The van der Waals surface area contributed by atoms with Crippen molar-refractivity contribution in [1.29, 1.82) is 5.26 Å². The van der Waals surface area contributed by atoms with Crippen LogP contribution in [0.15, 0.2) is 88.9 Å². The second-order valence-corrected chi connectivity index (χ2v) is 8.72. The molecule has 1 aromatic heterocycles.